The number of aromatic nitrogens is 1. The average molecular weight is 464 g/mol. The van der Waals surface area contributed by atoms with E-state index in [0.717, 1.165) is 32.0 Å². The summed E-state index contributed by atoms with van der Waals surface area (Å²) in [5, 5.41) is 6.97. The van der Waals surface area contributed by atoms with Crippen molar-refractivity contribution in [3.05, 3.63) is 71.8 Å². The van der Waals surface area contributed by atoms with E-state index in [1.165, 1.54) is 7.11 Å². The number of hydrogen-bond donors (Lipinski definition) is 2. The first kappa shape index (κ1) is 21.7. The summed E-state index contributed by atoms with van der Waals surface area (Å²) in [6.45, 7) is 1.98. The quantitative estimate of drug-likeness (QED) is 0.385. The van der Waals surface area contributed by atoms with Gasteiger partial charge in [-0.25, -0.2) is 4.98 Å². The van der Waals surface area contributed by atoms with Crippen LogP contribution in [0.5, 0.6) is 11.5 Å². The van der Waals surface area contributed by atoms with Gasteiger partial charge in [-0.15, -0.1) is 11.3 Å². The molecule has 1 aromatic heterocycles. The number of thiocarbonyl (C=S) groups is 1. The second-order valence-electron chi connectivity index (χ2n) is 6.99. The third-order valence-corrected chi connectivity index (χ3v) is 6.19. The predicted molar refractivity (Wildman–Crippen MR) is 133 cm³/mol. The fourth-order valence-corrected chi connectivity index (χ4v) is 4.36. The number of para-hydroxylation sites is 1. The van der Waals surface area contributed by atoms with Gasteiger partial charge in [0.2, 0.25) is 0 Å². The minimum atomic E-state index is -0.344. The van der Waals surface area contributed by atoms with Gasteiger partial charge in [0, 0.05) is 16.8 Å². The van der Waals surface area contributed by atoms with E-state index in [2.05, 4.69) is 16.7 Å². The van der Waals surface area contributed by atoms with Gasteiger partial charge in [0.25, 0.3) is 5.91 Å². The molecule has 2 N–H and O–H groups in total. The minimum absolute atomic E-state index is 0.203. The van der Waals surface area contributed by atoms with Crippen LogP contribution in [0.3, 0.4) is 0 Å². The van der Waals surface area contributed by atoms with E-state index in [-0.39, 0.29) is 11.0 Å². The number of aryl methyl sites for hydroxylation is 1. The number of rotatable bonds is 5. The summed E-state index contributed by atoms with van der Waals surface area (Å²) in [5.74, 6) is 0.675. The summed E-state index contributed by atoms with van der Waals surface area (Å²) >= 11 is 7.02. The lowest BCUT2D eigenvalue weighted by Gasteiger charge is -2.13. The minimum Gasteiger partial charge on any atom is -0.493 e. The maximum absolute atomic E-state index is 12.6. The molecule has 4 aromatic rings. The van der Waals surface area contributed by atoms with Crippen molar-refractivity contribution in [2.45, 2.75) is 6.92 Å². The molecular formula is C24H21N3O3S2. The van der Waals surface area contributed by atoms with Crippen molar-refractivity contribution in [1.29, 1.82) is 0 Å². The monoisotopic (exact) mass is 463 g/mol. The number of nitrogens with one attached hydrogen (secondary N) is 2. The molecule has 1 heterocycles. The van der Waals surface area contributed by atoms with Crippen LogP contribution in [-0.4, -0.2) is 30.2 Å². The zero-order chi connectivity index (χ0) is 22.7. The van der Waals surface area contributed by atoms with Crippen LogP contribution in [0.4, 0.5) is 5.69 Å². The third-order valence-electron chi connectivity index (χ3n) is 4.90. The number of carbonyl (C=O) groups is 1. The van der Waals surface area contributed by atoms with E-state index in [4.69, 9.17) is 26.7 Å². The van der Waals surface area contributed by atoms with Crippen LogP contribution in [0, 0.1) is 6.92 Å². The number of amides is 1. The number of carbonyl (C=O) groups excluding carboxylic acids is 1. The number of benzene rings is 3. The molecule has 0 bridgehead atoms. The van der Waals surface area contributed by atoms with Crippen molar-refractivity contribution in [2.24, 2.45) is 0 Å². The number of hydrogen-bond acceptors (Lipinski definition) is 6. The van der Waals surface area contributed by atoms with E-state index in [1.54, 1.807) is 36.6 Å². The summed E-state index contributed by atoms with van der Waals surface area (Å²) in [6, 6.07) is 19.0. The molecule has 0 aliphatic rings. The molecule has 8 heteroatoms. The van der Waals surface area contributed by atoms with Crippen molar-refractivity contribution in [1.82, 2.24) is 10.3 Å². The Morgan fingerprint density at radius 1 is 1.00 bits per heavy atom. The normalized spacial score (nSPS) is 10.6. The van der Waals surface area contributed by atoms with Crippen molar-refractivity contribution in [2.75, 3.05) is 19.5 Å². The van der Waals surface area contributed by atoms with Gasteiger partial charge in [-0.3, -0.25) is 10.1 Å². The molecule has 32 heavy (non-hydrogen) atoms. The van der Waals surface area contributed by atoms with Gasteiger partial charge in [-0.2, -0.15) is 0 Å². The summed E-state index contributed by atoms with van der Waals surface area (Å²) in [6.07, 6.45) is 0. The Labute approximate surface area is 195 Å². The highest BCUT2D eigenvalue weighted by molar-refractivity contribution is 7.80. The van der Waals surface area contributed by atoms with E-state index in [1.807, 2.05) is 43.3 Å². The molecule has 0 saturated carbocycles. The molecule has 6 nitrogen and oxygen atoms in total. The van der Waals surface area contributed by atoms with Gasteiger partial charge in [-0.05, 0) is 61.1 Å². The van der Waals surface area contributed by atoms with Crippen LogP contribution in [-0.2, 0) is 0 Å². The second-order valence-corrected chi connectivity index (χ2v) is 8.43. The fourth-order valence-electron chi connectivity index (χ4n) is 3.19. The van der Waals surface area contributed by atoms with Gasteiger partial charge in [0.15, 0.2) is 16.6 Å². The summed E-state index contributed by atoms with van der Waals surface area (Å²) in [4.78, 5) is 17.4. The summed E-state index contributed by atoms with van der Waals surface area (Å²) < 4.78 is 11.6. The molecule has 162 valence electrons. The highest BCUT2D eigenvalue weighted by atomic mass is 32.1. The molecule has 0 spiro atoms. The molecule has 0 aliphatic heterocycles. The third kappa shape index (κ3) is 4.56. The topological polar surface area (TPSA) is 72.5 Å². The zero-order valence-electron chi connectivity index (χ0n) is 17.8. The van der Waals surface area contributed by atoms with E-state index < -0.39 is 0 Å². The molecule has 4 rings (SSSR count). The van der Waals surface area contributed by atoms with Crippen LogP contribution in [0.15, 0.2) is 60.7 Å². The Balaban J connectivity index is 1.50. The first-order chi connectivity index (χ1) is 15.5. The van der Waals surface area contributed by atoms with Crippen molar-refractivity contribution < 1.29 is 14.3 Å². The van der Waals surface area contributed by atoms with Gasteiger partial charge in [0.05, 0.1) is 24.4 Å². The molecule has 0 atom stereocenters. The van der Waals surface area contributed by atoms with Crippen molar-refractivity contribution >= 4 is 50.5 Å². The lowest BCUT2D eigenvalue weighted by Crippen LogP contribution is -2.34. The summed E-state index contributed by atoms with van der Waals surface area (Å²) in [7, 11) is 3.06. The number of thiazole rings is 1. The Hall–Kier alpha value is -3.49. The Kier molecular flexibility index (Phi) is 6.34. The van der Waals surface area contributed by atoms with Gasteiger partial charge in [0.1, 0.15) is 5.01 Å². The van der Waals surface area contributed by atoms with Crippen molar-refractivity contribution in [3.8, 4) is 22.1 Å². The number of nitrogens with zero attached hydrogens (tertiary/aromatic N) is 1. The zero-order valence-corrected chi connectivity index (χ0v) is 19.4. The van der Waals surface area contributed by atoms with Crippen LogP contribution < -0.4 is 20.1 Å². The predicted octanol–water partition coefficient (Wildman–Crippen LogP) is 5.42. The maximum Gasteiger partial charge on any atom is 0.257 e. The maximum atomic E-state index is 12.6. The molecule has 0 saturated heterocycles. The number of anilines is 1. The molecule has 0 unspecified atom stereocenters. The SMILES string of the molecule is COc1ccc(C(=O)NC(=S)Nc2cc(-c3nc4ccccc4s3)ccc2C)cc1OC. The Morgan fingerprint density at radius 2 is 1.78 bits per heavy atom. The lowest BCUT2D eigenvalue weighted by molar-refractivity contribution is 0.0977. The van der Waals surface area contributed by atoms with Gasteiger partial charge < -0.3 is 14.8 Å². The highest BCUT2D eigenvalue weighted by Gasteiger charge is 2.13. The van der Waals surface area contributed by atoms with E-state index in [9.17, 15) is 4.79 Å². The van der Waals surface area contributed by atoms with Gasteiger partial charge >= 0.3 is 0 Å². The fraction of sp³-hybridized carbons (Fsp3) is 0.125. The molecule has 0 aliphatic carbocycles. The average Bonchev–Trinajstić information content (AvgIpc) is 3.24. The number of methoxy groups -OCH3 is 2. The van der Waals surface area contributed by atoms with Crippen LogP contribution in [0.25, 0.3) is 20.8 Å². The standard InChI is InChI=1S/C24H21N3O3S2/c1-14-8-9-16(23-25-17-6-4-5-7-21(17)32-23)12-18(14)26-24(31)27-22(28)15-10-11-19(29-2)20(13-15)30-3/h4-13H,1-3H3,(H2,26,27,28,31). The largest absolute Gasteiger partial charge is 0.493 e. The van der Waals surface area contributed by atoms with Crippen LogP contribution >= 0.6 is 23.6 Å². The van der Waals surface area contributed by atoms with Crippen molar-refractivity contribution in [3.63, 3.8) is 0 Å². The molecule has 3 aromatic carbocycles. The second kappa shape index (κ2) is 9.33. The van der Waals surface area contributed by atoms with E-state index >= 15 is 0 Å². The first-order valence-electron chi connectivity index (χ1n) is 9.79. The number of ether oxygens (including phenoxy) is 2. The smallest absolute Gasteiger partial charge is 0.257 e. The molecule has 1 amide bonds. The van der Waals surface area contributed by atoms with Gasteiger partial charge in [-0.1, -0.05) is 24.3 Å². The van der Waals surface area contributed by atoms with Crippen LogP contribution in [0.2, 0.25) is 0 Å². The highest BCUT2D eigenvalue weighted by Crippen LogP contribution is 2.32. The Morgan fingerprint density at radius 3 is 2.53 bits per heavy atom. The van der Waals surface area contributed by atoms with E-state index in [0.29, 0.717) is 17.1 Å². The lowest BCUT2D eigenvalue weighted by atomic mass is 10.1. The van der Waals surface area contributed by atoms with Crippen LogP contribution in [0.1, 0.15) is 15.9 Å². The molecule has 0 radical (unpaired) electrons. The Bertz CT molecular complexity index is 1280. The molecular weight excluding hydrogens is 442 g/mol. The summed E-state index contributed by atoms with van der Waals surface area (Å²) in [5.41, 5.74) is 4.16. The number of fused-ring (bicyclic) bond motifs is 1. The molecule has 0 fully saturated rings. The first-order valence-corrected chi connectivity index (χ1v) is 11.0.